The quantitative estimate of drug-likeness (QED) is 0.407. The van der Waals surface area contributed by atoms with Crippen LogP contribution in [0.2, 0.25) is 18.6 Å². The van der Waals surface area contributed by atoms with Crippen molar-refractivity contribution in [3.8, 4) is 0 Å². The van der Waals surface area contributed by atoms with E-state index < -0.39 is 8.32 Å². The zero-order valence-electron chi connectivity index (χ0n) is 19.9. The molecule has 4 atom stereocenters. The van der Waals surface area contributed by atoms with Gasteiger partial charge in [0.1, 0.15) is 0 Å². The maximum absolute atomic E-state index is 11.8. The fraction of sp³-hybridized carbons (Fsp3) is 0.625. The topological polar surface area (TPSA) is 101 Å². The summed E-state index contributed by atoms with van der Waals surface area (Å²) in [6, 6.07) is 8.25. The highest BCUT2D eigenvalue weighted by atomic mass is 28.4. The van der Waals surface area contributed by atoms with Gasteiger partial charge in [-0.25, -0.2) is 0 Å². The monoisotopic (exact) mass is 472 g/mol. The van der Waals surface area contributed by atoms with Gasteiger partial charge in [-0.05, 0) is 56.0 Å². The second-order valence-electron chi connectivity index (χ2n) is 9.99. The van der Waals surface area contributed by atoms with E-state index in [2.05, 4.69) is 29.4 Å². The number of β-lactam (4-membered cyclic amide) rings is 1. The van der Waals surface area contributed by atoms with Crippen molar-refractivity contribution < 1.29 is 19.4 Å². The number of aryl methyl sites for hydroxylation is 2. The first kappa shape index (κ1) is 24.1. The summed E-state index contributed by atoms with van der Waals surface area (Å²) in [6.45, 7) is 7.77. The van der Waals surface area contributed by atoms with Crippen LogP contribution in [0.3, 0.4) is 0 Å². The molecule has 33 heavy (non-hydrogen) atoms. The molecular formula is C24H36N4O4Si. The molecule has 2 N–H and O–H groups in total. The standard InChI is InChI=1S/C24H36N4O4Si/c1-17-21(8-7-18-5-4-6-20(15-18)28-13-10-23(28)30)32-22(24(17)33(2,3)31)9-12-27-16-19(11-14-29)25-26-27/h4-6,15-17,21-22,24,29,31H,7-14H2,1-3H3/t17-,21+,22-,24+/m1/s1. The molecule has 0 unspecified atom stereocenters. The molecule has 1 aromatic heterocycles. The molecule has 0 radical (unpaired) electrons. The van der Waals surface area contributed by atoms with E-state index in [9.17, 15) is 9.59 Å². The number of carbonyl (C=O) groups is 1. The number of rotatable bonds is 10. The lowest BCUT2D eigenvalue weighted by atomic mass is 9.95. The number of hydrogen-bond acceptors (Lipinski definition) is 6. The molecule has 1 aromatic carbocycles. The SMILES string of the molecule is C[C@H]1[C@H]([Si](C)(C)O)[C@@H](CCn2cc(CCO)nn2)O[C@H]1CCc1cccc(N2CCC2=O)c1. The Kier molecular flexibility index (Phi) is 7.33. The average molecular weight is 473 g/mol. The minimum Gasteiger partial charge on any atom is -0.432 e. The minimum absolute atomic E-state index is 0.00722. The van der Waals surface area contributed by atoms with Crippen LogP contribution in [-0.2, 0) is 28.9 Å². The summed E-state index contributed by atoms with van der Waals surface area (Å²) in [5.41, 5.74) is 3.14. The van der Waals surface area contributed by atoms with Gasteiger partial charge in [-0.3, -0.25) is 9.48 Å². The highest BCUT2D eigenvalue weighted by molar-refractivity contribution is 6.71. The number of hydrogen-bond donors (Lipinski definition) is 2. The Morgan fingerprint density at radius 1 is 1.21 bits per heavy atom. The average Bonchev–Trinajstić information content (AvgIpc) is 3.33. The van der Waals surface area contributed by atoms with Crippen molar-refractivity contribution in [2.45, 2.75) is 76.4 Å². The largest absolute Gasteiger partial charge is 0.432 e. The molecule has 0 spiro atoms. The number of ether oxygens (including phenoxy) is 1. The van der Waals surface area contributed by atoms with Crippen molar-refractivity contribution in [2.75, 3.05) is 18.1 Å². The van der Waals surface area contributed by atoms with Gasteiger partial charge in [0.25, 0.3) is 0 Å². The second kappa shape index (κ2) is 10.0. The van der Waals surface area contributed by atoms with Crippen molar-refractivity contribution in [3.63, 3.8) is 0 Å². The Bertz CT molecular complexity index is 960. The molecule has 0 aliphatic carbocycles. The maximum Gasteiger partial charge on any atom is 0.228 e. The van der Waals surface area contributed by atoms with E-state index in [0.717, 1.165) is 37.2 Å². The van der Waals surface area contributed by atoms with Crippen molar-refractivity contribution in [1.82, 2.24) is 15.0 Å². The summed E-state index contributed by atoms with van der Waals surface area (Å²) in [5, 5.41) is 17.3. The van der Waals surface area contributed by atoms with Gasteiger partial charge in [0.15, 0.2) is 8.32 Å². The summed E-state index contributed by atoms with van der Waals surface area (Å²) in [4.78, 5) is 24.7. The number of carbonyl (C=O) groups excluding carboxylic acids is 1. The van der Waals surface area contributed by atoms with Crippen molar-refractivity contribution in [2.24, 2.45) is 5.92 Å². The van der Waals surface area contributed by atoms with E-state index in [1.807, 2.05) is 36.3 Å². The lowest BCUT2D eigenvalue weighted by Crippen LogP contribution is -2.43. The zero-order chi connectivity index (χ0) is 23.6. The van der Waals surface area contributed by atoms with Crippen LogP contribution in [-0.4, -0.2) is 64.5 Å². The van der Waals surface area contributed by atoms with Gasteiger partial charge >= 0.3 is 0 Å². The summed E-state index contributed by atoms with van der Waals surface area (Å²) in [6.07, 6.45) is 5.64. The third-order valence-corrected chi connectivity index (χ3v) is 9.63. The molecule has 8 nitrogen and oxygen atoms in total. The van der Waals surface area contributed by atoms with Crippen molar-refractivity contribution in [3.05, 3.63) is 41.7 Å². The number of nitrogens with zero attached hydrogens (tertiary/aromatic N) is 4. The summed E-state index contributed by atoms with van der Waals surface area (Å²) in [7, 11) is -2.42. The van der Waals surface area contributed by atoms with Gasteiger partial charge in [-0.15, -0.1) is 5.10 Å². The van der Waals surface area contributed by atoms with Gasteiger partial charge in [0.05, 0.1) is 17.9 Å². The third-order valence-electron chi connectivity index (χ3n) is 7.11. The molecule has 2 aliphatic heterocycles. The van der Waals surface area contributed by atoms with Crippen molar-refractivity contribution >= 4 is 19.9 Å². The minimum atomic E-state index is -2.42. The molecule has 2 aromatic rings. The zero-order valence-corrected chi connectivity index (χ0v) is 20.9. The van der Waals surface area contributed by atoms with E-state index >= 15 is 0 Å². The molecule has 0 bridgehead atoms. The molecule has 9 heteroatoms. The number of aliphatic hydroxyl groups is 1. The van der Waals surface area contributed by atoms with Gasteiger partial charge in [0, 0.05) is 50.0 Å². The number of aromatic nitrogens is 3. The smallest absolute Gasteiger partial charge is 0.228 e. The number of amides is 1. The van der Waals surface area contributed by atoms with E-state index in [-0.39, 0.29) is 36.2 Å². The second-order valence-corrected chi connectivity index (χ2v) is 14.0. The van der Waals surface area contributed by atoms with E-state index in [0.29, 0.717) is 19.4 Å². The van der Waals surface area contributed by atoms with Gasteiger partial charge < -0.3 is 19.5 Å². The van der Waals surface area contributed by atoms with Crippen LogP contribution in [0.5, 0.6) is 0 Å². The van der Waals surface area contributed by atoms with Crippen LogP contribution in [0.15, 0.2) is 30.5 Å². The lowest BCUT2D eigenvalue weighted by molar-refractivity contribution is -0.122. The van der Waals surface area contributed by atoms with Crippen LogP contribution in [0, 0.1) is 5.92 Å². The Morgan fingerprint density at radius 2 is 2.03 bits per heavy atom. The highest BCUT2D eigenvalue weighted by Gasteiger charge is 2.49. The Balaban J connectivity index is 1.38. The molecular weight excluding hydrogens is 436 g/mol. The van der Waals surface area contributed by atoms with Crippen molar-refractivity contribution in [1.29, 1.82) is 0 Å². The maximum atomic E-state index is 11.8. The Hall–Kier alpha value is -2.07. The number of aliphatic hydroxyl groups excluding tert-OH is 1. The van der Waals surface area contributed by atoms with Gasteiger partial charge in [-0.1, -0.05) is 24.3 Å². The molecule has 180 valence electrons. The summed E-state index contributed by atoms with van der Waals surface area (Å²) < 4.78 is 8.35. The summed E-state index contributed by atoms with van der Waals surface area (Å²) in [5.74, 6) is 0.471. The normalized spacial score (nSPS) is 25.5. The molecule has 2 aliphatic rings. The van der Waals surface area contributed by atoms with Gasteiger partial charge in [0.2, 0.25) is 5.91 Å². The first-order valence-corrected chi connectivity index (χ1v) is 15.1. The molecule has 2 saturated heterocycles. The predicted octanol–water partition coefficient (Wildman–Crippen LogP) is 2.54. The summed E-state index contributed by atoms with van der Waals surface area (Å²) >= 11 is 0. The van der Waals surface area contributed by atoms with E-state index in [1.54, 1.807) is 4.68 Å². The molecule has 3 heterocycles. The Labute approximate surface area is 196 Å². The third kappa shape index (κ3) is 5.54. The van der Waals surface area contributed by atoms with Crippen LogP contribution in [0.1, 0.15) is 37.4 Å². The first-order chi connectivity index (χ1) is 15.8. The predicted molar refractivity (Wildman–Crippen MR) is 128 cm³/mol. The van der Waals surface area contributed by atoms with E-state index in [1.165, 1.54) is 5.56 Å². The molecule has 4 rings (SSSR count). The fourth-order valence-corrected chi connectivity index (χ4v) is 8.05. The molecule has 0 saturated carbocycles. The van der Waals surface area contributed by atoms with Crippen LogP contribution < -0.4 is 4.90 Å². The number of anilines is 1. The van der Waals surface area contributed by atoms with E-state index in [4.69, 9.17) is 9.84 Å². The Morgan fingerprint density at radius 3 is 2.70 bits per heavy atom. The fourth-order valence-electron chi connectivity index (χ4n) is 5.39. The van der Waals surface area contributed by atoms with Crippen LogP contribution in [0.4, 0.5) is 5.69 Å². The first-order valence-electron chi connectivity index (χ1n) is 12.0. The number of benzene rings is 1. The molecule has 1 amide bonds. The van der Waals surface area contributed by atoms with Crippen LogP contribution >= 0.6 is 0 Å². The van der Waals surface area contributed by atoms with Gasteiger partial charge in [-0.2, -0.15) is 0 Å². The van der Waals surface area contributed by atoms with Crippen LogP contribution in [0.25, 0.3) is 0 Å². The lowest BCUT2D eigenvalue weighted by Gasteiger charge is -2.31. The molecule has 2 fully saturated rings. The highest BCUT2D eigenvalue weighted by Crippen LogP contribution is 2.45.